The molecule has 1 unspecified atom stereocenters. The summed E-state index contributed by atoms with van der Waals surface area (Å²) in [5.74, 6) is 0. The third-order valence-corrected chi connectivity index (χ3v) is 4.82. The van der Waals surface area contributed by atoms with Crippen LogP contribution in [0.1, 0.15) is 44.6 Å². The molecule has 0 bridgehead atoms. The van der Waals surface area contributed by atoms with Crippen molar-refractivity contribution in [3.8, 4) is 0 Å². The van der Waals surface area contributed by atoms with Crippen LogP contribution >= 0.6 is 11.8 Å². The smallest absolute Gasteiger partial charge is 0.0107 e. The maximum atomic E-state index is 5.92. The van der Waals surface area contributed by atoms with Crippen LogP contribution in [0.2, 0.25) is 0 Å². The topological polar surface area (TPSA) is 26.0 Å². The van der Waals surface area contributed by atoms with Crippen LogP contribution in [0.3, 0.4) is 0 Å². The predicted octanol–water partition coefficient (Wildman–Crippen LogP) is 4.00. The third kappa shape index (κ3) is 4.04. The Hall–Kier alpha value is -0.470. The molecule has 0 amide bonds. The van der Waals surface area contributed by atoms with Gasteiger partial charge in [-0.2, -0.15) is 0 Å². The number of hydrogen-bond donors (Lipinski definition) is 1. The fourth-order valence-corrected chi connectivity index (χ4v) is 3.88. The number of hydrogen-bond acceptors (Lipinski definition) is 2. The SMILES string of the molecule is CC(N)Cc1ccccc1SC1CCCCC1. The minimum absolute atomic E-state index is 0.253. The third-order valence-electron chi connectivity index (χ3n) is 3.36. The van der Waals surface area contributed by atoms with Crippen molar-refractivity contribution in [2.75, 3.05) is 0 Å². The molecule has 1 aromatic carbocycles. The Labute approximate surface area is 109 Å². The van der Waals surface area contributed by atoms with Crippen molar-refractivity contribution in [3.63, 3.8) is 0 Å². The Bertz CT molecular complexity index is 343. The molecule has 1 aliphatic carbocycles. The van der Waals surface area contributed by atoms with Crippen LogP contribution in [-0.4, -0.2) is 11.3 Å². The molecule has 2 heteroatoms. The van der Waals surface area contributed by atoms with Gasteiger partial charge in [-0.3, -0.25) is 0 Å². The summed E-state index contributed by atoms with van der Waals surface area (Å²) in [4.78, 5) is 1.46. The zero-order valence-electron chi connectivity index (χ0n) is 10.7. The largest absolute Gasteiger partial charge is 0.328 e. The van der Waals surface area contributed by atoms with Gasteiger partial charge in [0.2, 0.25) is 0 Å². The Morgan fingerprint density at radius 1 is 1.24 bits per heavy atom. The Morgan fingerprint density at radius 3 is 2.65 bits per heavy atom. The van der Waals surface area contributed by atoms with E-state index in [0.717, 1.165) is 11.7 Å². The number of rotatable bonds is 4. The van der Waals surface area contributed by atoms with Crippen molar-refractivity contribution < 1.29 is 0 Å². The Balaban J connectivity index is 2.03. The summed E-state index contributed by atoms with van der Waals surface area (Å²) in [7, 11) is 0. The van der Waals surface area contributed by atoms with E-state index in [2.05, 4.69) is 43.0 Å². The van der Waals surface area contributed by atoms with Gasteiger partial charge in [0, 0.05) is 16.2 Å². The molecule has 0 aromatic heterocycles. The molecule has 0 radical (unpaired) electrons. The normalized spacial score (nSPS) is 19.2. The van der Waals surface area contributed by atoms with Crippen LogP contribution < -0.4 is 5.73 Å². The first-order valence-electron chi connectivity index (χ1n) is 6.76. The van der Waals surface area contributed by atoms with E-state index in [-0.39, 0.29) is 6.04 Å². The van der Waals surface area contributed by atoms with Crippen molar-refractivity contribution in [1.29, 1.82) is 0 Å². The Morgan fingerprint density at radius 2 is 1.94 bits per heavy atom. The summed E-state index contributed by atoms with van der Waals surface area (Å²) in [5.41, 5.74) is 7.35. The van der Waals surface area contributed by atoms with E-state index in [1.165, 1.54) is 42.6 Å². The van der Waals surface area contributed by atoms with Crippen molar-refractivity contribution >= 4 is 11.8 Å². The second kappa shape index (κ2) is 6.46. The molecule has 0 aliphatic heterocycles. The van der Waals surface area contributed by atoms with Crippen molar-refractivity contribution in [2.45, 2.75) is 61.6 Å². The van der Waals surface area contributed by atoms with E-state index in [4.69, 9.17) is 5.73 Å². The first kappa shape index (κ1) is 13.0. The van der Waals surface area contributed by atoms with E-state index >= 15 is 0 Å². The monoisotopic (exact) mass is 249 g/mol. The zero-order valence-corrected chi connectivity index (χ0v) is 11.5. The Kier molecular flexibility index (Phi) is 4.93. The summed E-state index contributed by atoms with van der Waals surface area (Å²) >= 11 is 2.08. The van der Waals surface area contributed by atoms with Crippen molar-refractivity contribution in [2.24, 2.45) is 5.73 Å². The number of thioether (sulfide) groups is 1. The second-order valence-electron chi connectivity index (χ2n) is 5.17. The maximum Gasteiger partial charge on any atom is 0.0107 e. The van der Waals surface area contributed by atoms with Gasteiger partial charge in [-0.1, -0.05) is 37.5 Å². The van der Waals surface area contributed by atoms with Gasteiger partial charge >= 0.3 is 0 Å². The lowest BCUT2D eigenvalue weighted by molar-refractivity contribution is 0.516. The fourth-order valence-electron chi connectivity index (χ4n) is 2.50. The molecular weight excluding hydrogens is 226 g/mol. The highest BCUT2D eigenvalue weighted by Crippen LogP contribution is 2.35. The molecule has 0 heterocycles. The van der Waals surface area contributed by atoms with Crippen molar-refractivity contribution in [3.05, 3.63) is 29.8 Å². The van der Waals surface area contributed by atoms with Crippen LogP contribution in [0, 0.1) is 0 Å². The summed E-state index contributed by atoms with van der Waals surface area (Å²) < 4.78 is 0. The van der Waals surface area contributed by atoms with E-state index in [1.807, 2.05) is 0 Å². The molecule has 0 spiro atoms. The van der Waals surface area contributed by atoms with Gasteiger partial charge in [0.25, 0.3) is 0 Å². The van der Waals surface area contributed by atoms with Crippen molar-refractivity contribution in [1.82, 2.24) is 0 Å². The second-order valence-corrected chi connectivity index (χ2v) is 6.51. The molecule has 1 saturated carbocycles. The first-order chi connectivity index (χ1) is 8.25. The lowest BCUT2D eigenvalue weighted by atomic mass is 10.0. The maximum absolute atomic E-state index is 5.92. The highest BCUT2D eigenvalue weighted by Gasteiger charge is 2.16. The average Bonchev–Trinajstić information content (AvgIpc) is 2.32. The van der Waals surface area contributed by atoms with Gasteiger partial charge in [0.05, 0.1) is 0 Å². The zero-order chi connectivity index (χ0) is 12.1. The molecule has 1 atom stereocenters. The van der Waals surface area contributed by atoms with Crippen LogP contribution in [0.5, 0.6) is 0 Å². The molecule has 0 saturated heterocycles. The van der Waals surface area contributed by atoms with E-state index < -0.39 is 0 Å². The van der Waals surface area contributed by atoms with Gasteiger partial charge < -0.3 is 5.73 Å². The van der Waals surface area contributed by atoms with Crippen LogP contribution in [-0.2, 0) is 6.42 Å². The highest BCUT2D eigenvalue weighted by molar-refractivity contribution is 8.00. The minimum Gasteiger partial charge on any atom is -0.328 e. The number of benzene rings is 1. The van der Waals surface area contributed by atoms with E-state index in [0.29, 0.717) is 0 Å². The number of nitrogens with two attached hydrogens (primary N) is 1. The van der Waals surface area contributed by atoms with Gasteiger partial charge in [-0.05, 0) is 37.8 Å². The molecule has 1 fully saturated rings. The molecular formula is C15H23NS. The van der Waals surface area contributed by atoms with Gasteiger partial charge in [-0.25, -0.2) is 0 Å². The molecule has 1 aromatic rings. The summed E-state index contributed by atoms with van der Waals surface area (Å²) in [6, 6.07) is 9.02. The van der Waals surface area contributed by atoms with Gasteiger partial charge in [-0.15, -0.1) is 11.8 Å². The molecule has 17 heavy (non-hydrogen) atoms. The van der Waals surface area contributed by atoms with Crippen LogP contribution in [0.15, 0.2) is 29.2 Å². The standard InChI is InChI=1S/C15H23NS/c1-12(16)11-13-7-5-6-10-15(13)17-14-8-3-2-4-9-14/h5-7,10,12,14H,2-4,8-9,11,16H2,1H3. The lowest BCUT2D eigenvalue weighted by Gasteiger charge is -2.22. The minimum atomic E-state index is 0.253. The summed E-state index contributed by atoms with van der Waals surface area (Å²) in [6.45, 7) is 2.09. The van der Waals surface area contributed by atoms with Gasteiger partial charge in [0.1, 0.15) is 0 Å². The first-order valence-corrected chi connectivity index (χ1v) is 7.64. The fraction of sp³-hybridized carbons (Fsp3) is 0.600. The molecule has 2 rings (SSSR count). The molecule has 1 aliphatic rings. The molecule has 94 valence electrons. The van der Waals surface area contributed by atoms with E-state index in [9.17, 15) is 0 Å². The molecule has 2 N–H and O–H groups in total. The van der Waals surface area contributed by atoms with E-state index in [1.54, 1.807) is 0 Å². The lowest BCUT2D eigenvalue weighted by Crippen LogP contribution is -2.18. The van der Waals surface area contributed by atoms with Crippen LogP contribution in [0.4, 0.5) is 0 Å². The highest BCUT2D eigenvalue weighted by atomic mass is 32.2. The molecule has 1 nitrogen and oxygen atoms in total. The average molecular weight is 249 g/mol. The predicted molar refractivity (Wildman–Crippen MR) is 76.5 cm³/mol. The van der Waals surface area contributed by atoms with Gasteiger partial charge in [0.15, 0.2) is 0 Å². The summed E-state index contributed by atoms with van der Waals surface area (Å²) in [6.07, 6.45) is 8.02. The quantitative estimate of drug-likeness (QED) is 0.873. The summed E-state index contributed by atoms with van der Waals surface area (Å²) in [5, 5.41) is 0.831. The van der Waals surface area contributed by atoms with Crippen LogP contribution in [0.25, 0.3) is 0 Å².